The molecule has 0 saturated carbocycles. The first-order chi connectivity index (χ1) is 13.4. The van der Waals surface area contributed by atoms with E-state index in [0.717, 1.165) is 18.4 Å². The second-order valence-electron chi connectivity index (χ2n) is 7.01. The molecule has 1 aliphatic rings. The minimum absolute atomic E-state index is 0.143. The number of nitro groups is 1. The second kappa shape index (κ2) is 8.65. The van der Waals surface area contributed by atoms with Crippen LogP contribution in [0.5, 0.6) is 0 Å². The van der Waals surface area contributed by atoms with Gasteiger partial charge in [-0.2, -0.15) is 0 Å². The number of carbonyl (C=O) groups excluding carboxylic acids is 2. The van der Waals surface area contributed by atoms with Crippen molar-refractivity contribution >= 4 is 17.5 Å². The maximum atomic E-state index is 12.2. The van der Waals surface area contributed by atoms with Crippen LogP contribution in [0, 0.1) is 10.1 Å². The van der Waals surface area contributed by atoms with Gasteiger partial charge in [0.1, 0.15) is 0 Å². The smallest absolute Gasteiger partial charge is 0.270 e. The van der Waals surface area contributed by atoms with Crippen molar-refractivity contribution in [3.8, 4) is 0 Å². The molecule has 1 atom stereocenters. The number of nitrogens with one attached hydrogen (secondary N) is 2. The van der Waals surface area contributed by atoms with Gasteiger partial charge in [-0.25, -0.2) is 0 Å². The third kappa shape index (κ3) is 4.73. The number of rotatable bonds is 6. The molecule has 7 nitrogen and oxygen atoms in total. The minimum atomic E-state index is -0.566. The Hall–Kier alpha value is -3.22. The number of hydrogen-bond donors (Lipinski definition) is 2. The minimum Gasteiger partial charge on any atom is -0.348 e. The molecule has 28 heavy (non-hydrogen) atoms. The Morgan fingerprint density at radius 3 is 2.61 bits per heavy atom. The van der Waals surface area contributed by atoms with Gasteiger partial charge >= 0.3 is 0 Å². The van der Waals surface area contributed by atoms with E-state index < -0.39 is 10.8 Å². The van der Waals surface area contributed by atoms with E-state index in [1.807, 2.05) is 13.0 Å². The average molecular weight is 381 g/mol. The molecule has 7 heteroatoms. The zero-order chi connectivity index (χ0) is 20.1. The predicted octanol–water partition coefficient (Wildman–Crippen LogP) is 3.08. The Morgan fingerprint density at radius 1 is 1.11 bits per heavy atom. The van der Waals surface area contributed by atoms with E-state index in [0.29, 0.717) is 0 Å². The van der Waals surface area contributed by atoms with Gasteiger partial charge in [-0.3, -0.25) is 19.7 Å². The molecule has 3 rings (SSSR count). The second-order valence-corrected chi connectivity index (χ2v) is 7.01. The SMILES string of the molecule is C[C@@H](NC(=O)CNC(=O)c1cccc([N+](=O)[O-])c1)c1ccc2c(c1)CCCC2. The van der Waals surface area contributed by atoms with Crippen LogP contribution in [-0.2, 0) is 17.6 Å². The highest BCUT2D eigenvalue weighted by atomic mass is 16.6. The summed E-state index contributed by atoms with van der Waals surface area (Å²) < 4.78 is 0. The molecule has 0 unspecified atom stereocenters. The van der Waals surface area contributed by atoms with Gasteiger partial charge in [0.25, 0.3) is 11.6 Å². The quantitative estimate of drug-likeness (QED) is 0.593. The van der Waals surface area contributed by atoms with Crippen molar-refractivity contribution in [2.45, 2.75) is 38.6 Å². The van der Waals surface area contributed by atoms with Gasteiger partial charge in [0, 0.05) is 17.7 Å². The number of nitrogens with zero attached hydrogens (tertiary/aromatic N) is 1. The molecule has 1 aliphatic carbocycles. The molecule has 0 radical (unpaired) electrons. The van der Waals surface area contributed by atoms with Gasteiger partial charge in [0.05, 0.1) is 17.5 Å². The number of hydrogen-bond acceptors (Lipinski definition) is 4. The largest absolute Gasteiger partial charge is 0.348 e. The van der Waals surface area contributed by atoms with Crippen LogP contribution in [0.15, 0.2) is 42.5 Å². The van der Waals surface area contributed by atoms with Gasteiger partial charge in [0.2, 0.25) is 5.91 Å². The summed E-state index contributed by atoms with van der Waals surface area (Å²) in [6.45, 7) is 1.71. The molecule has 2 aromatic rings. The number of amides is 2. The normalized spacial score (nSPS) is 13.9. The molecule has 0 heterocycles. The third-order valence-electron chi connectivity index (χ3n) is 4.98. The fraction of sp³-hybridized carbons (Fsp3) is 0.333. The molecular formula is C21H23N3O4. The molecule has 0 spiro atoms. The van der Waals surface area contributed by atoms with E-state index >= 15 is 0 Å². The highest BCUT2D eigenvalue weighted by Gasteiger charge is 2.16. The standard InChI is InChI=1S/C21H23N3O4/c1-14(16-10-9-15-5-2-3-6-17(15)11-16)23-20(25)13-22-21(26)18-7-4-8-19(12-18)24(27)28/h4,7-12,14H,2-3,5-6,13H2,1H3,(H,22,26)(H,23,25)/t14-/m1/s1. The Morgan fingerprint density at radius 2 is 1.86 bits per heavy atom. The van der Waals surface area contributed by atoms with Gasteiger partial charge in [0.15, 0.2) is 0 Å². The van der Waals surface area contributed by atoms with Crippen molar-refractivity contribution in [2.24, 2.45) is 0 Å². The van der Waals surface area contributed by atoms with Crippen LogP contribution < -0.4 is 10.6 Å². The van der Waals surface area contributed by atoms with Crippen LogP contribution in [0.25, 0.3) is 0 Å². The van der Waals surface area contributed by atoms with E-state index in [4.69, 9.17) is 0 Å². The van der Waals surface area contributed by atoms with Crippen LogP contribution >= 0.6 is 0 Å². The van der Waals surface area contributed by atoms with E-state index in [1.165, 1.54) is 48.2 Å². The molecule has 2 N–H and O–H groups in total. The molecule has 0 aliphatic heterocycles. The number of non-ortho nitro benzene ring substituents is 1. The lowest BCUT2D eigenvalue weighted by Crippen LogP contribution is -2.38. The number of fused-ring (bicyclic) bond motifs is 1. The van der Waals surface area contributed by atoms with Crippen molar-refractivity contribution in [1.82, 2.24) is 10.6 Å². The number of carbonyl (C=O) groups is 2. The summed E-state index contributed by atoms with van der Waals surface area (Å²) in [6.07, 6.45) is 4.60. The van der Waals surface area contributed by atoms with Crippen molar-refractivity contribution < 1.29 is 14.5 Å². The lowest BCUT2D eigenvalue weighted by molar-refractivity contribution is -0.384. The lowest BCUT2D eigenvalue weighted by atomic mass is 9.89. The first-order valence-electron chi connectivity index (χ1n) is 9.38. The van der Waals surface area contributed by atoms with E-state index in [1.54, 1.807) is 0 Å². The summed E-state index contributed by atoms with van der Waals surface area (Å²) in [6, 6.07) is 11.6. The molecule has 146 valence electrons. The van der Waals surface area contributed by atoms with Crippen molar-refractivity contribution in [3.63, 3.8) is 0 Å². The van der Waals surface area contributed by atoms with Crippen LogP contribution in [0.4, 0.5) is 5.69 Å². The van der Waals surface area contributed by atoms with Gasteiger partial charge in [-0.15, -0.1) is 0 Å². The Balaban J connectivity index is 1.54. The van der Waals surface area contributed by atoms with Crippen LogP contribution in [0.2, 0.25) is 0 Å². The fourth-order valence-corrected chi connectivity index (χ4v) is 3.42. The maximum Gasteiger partial charge on any atom is 0.270 e. The van der Waals surface area contributed by atoms with E-state index in [2.05, 4.69) is 22.8 Å². The molecule has 0 bridgehead atoms. The highest BCUT2D eigenvalue weighted by Crippen LogP contribution is 2.24. The molecule has 0 fully saturated rings. The summed E-state index contributed by atoms with van der Waals surface area (Å²) in [4.78, 5) is 34.6. The lowest BCUT2D eigenvalue weighted by Gasteiger charge is -2.20. The van der Waals surface area contributed by atoms with Crippen molar-refractivity contribution in [1.29, 1.82) is 0 Å². The molecule has 2 amide bonds. The topological polar surface area (TPSA) is 101 Å². The average Bonchev–Trinajstić information content (AvgIpc) is 2.71. The summed E-state index contributed by atoms with van der Waals surface area (Å²) in [5.74, 6) is -0.843. The molecule has 0 saturated heterocycles. The van der Waals surface area contributed by atoms with E-state index in [-0.39, 0.29) is 29.7 Å². The van der Waals surface area contributed by atoms with E-state index in [9.17, 15) is 19.7 Å². The van der Waals surface area contributed by atoms with Gasteiger partial charge in [-0.05, 0) is 55.4 Å². The monoisotopic (exact) mass is 381 g/mol. The first-order valence-corrected chi connectivity index (χ1v) is 9.38. The summed E-state index contributed by atoms with van der Waals surface area (Å²) in [7, 11) is 0. The zero-order valence-electron chi connectivity index (χ0n) is 15.7. The maximum absolute atomic E-state index is 12.2. The number of nitro benzene ring substituents is 1. The fourth-order valence-electron chi connectivity index (χ4n) is 3.42. The predicted molar refractivity (Wildman–Crippen MR) is 105 cm³/mol. The zero-order valence-corrected chi connectivity index (χ0v) is 15.7. The highest BCUT2D eigenvalue weighted by molar-refractivity contribution is 5.97. The summed E-state index contributed by atoms with van der Waals surface area (Å²) >= 11 is 0. The Kier molecular flexibility index (Phi) is 6.03. The van der Waals surface area contributed by atoms with Gasteiger partial charge in [-0.1, -0.05) is 24.3 Å². The number of benzene rings is 2. The molecular weight excluding hydrogens is 358 g/mol. The third-order valence-corrected chi connectivity index (χ3v) is 4.98. The summed E-state index contributed by atoms with van der Waals surface area (Å²) in [5.41, 5.74) is 3.75. The van der Waals surface area contributed by atoms with Crippen molar-refractivity contribution in [3.05, 3.63) is 74.8 Å². The van der Waals surface area contributed by atoms with Gasteiger partial charge < -0.3 is 10.6 Å². The molecule has 0 aromatic heterocycles. The first kappa shape index (κ1) is 19.5. The van der Waals surface area contributed by atoms with Crippen molar-refractivity contribution in [2.75, 3.05) is 6.54 Å². The van der Waals surface area contributed by atoms with Crippen LogP contribution in [0.3, 0.4) is 0 Å². The van der Waals surface area contributed by atoms with Crippen LogP contribution in [0.1, 0.15) is 52.9 Å². The Bertz CT molecular complexity index is 910. The molecule has 2 aromatic carbocycles. The van der Waals surface area contributed by atoms with Crippen LogP contribution in [-0.4, -0.2) is 23.3 Å². The Labute approximate surface area is 163 Å². The number of aryl methyl sites for hydroxylation is 2. The summed E-state index contributed by atoms with van der Waals surface area (Å²) in [5, 5.41) is 16.2.